The van der Waals surface area contributed by atoms with Crippen LogP contribution >= 0.6 is 0 Å². The highest BCUT2D eigenvalue weighted by molar-refractivity contribution is 5.99. The topological polar surface area (TPSA) is 111 Å². The predicted molar refractivity (Wildman–Crippen MR) is 186 cm³/mol. The molecule has 0 aliphatic heterocycles. The van der Waals surface area contributed by atoms with Crippen molar-refractivity contribution < 1.29 is 33.8 Å². The molecule has 11 atom stereocenters. The fourth-order valence-electron chi connectivity index (χ4n) is 11.7. The molecule has 0 heterocycles. The van der Waals surface area contributed by atoms with Gasteiger partial charge in [-0.1, -0.05) is 70.7 Å². The number of benzene rings is 1. The van der Waals surface area contributed by atoms with Gasteiger partial charge in [0.25, 0.3) is 0 Å². The van der Waals surface area contributed by atoms with Crippen LogP contribution < -0.4 is 5.48 Å². The van der Waals surface area contributed by atoms with E-state index < -0.39 is 30.0 Å². The van der Waals surface area contributed by atoms with Gasteiger partial charge in [-0.25, -0.2) is 0 Å². The van der Waals surface area contributed by atoms with Crippen molar-refractivity contribution in [1.29, 1.82) is 0 Å². The fraction of sp³-hybridized carbons (Fsp3) is 0.634. The molecule has 1 aromatic rings. The van der Waals surface area contributed by atoms with E-state index >= 15 is 0 Å². The number of carbonyl (C=O) groups excluding carboxylic acids is 3. The van der Waals surface area contributed by atoms with Crippen LogP contribution in [0.15, 0.2) is 65.9 Å². The van der Waals surface area contributed by atoms with Crippen molar-refractivity contribution >= 4 is 17.7 Å². The molecule has 2 spiro atoms. The number of esters is 2. The molecule has 266 valence electrons. The molecule has 8 heteroatoms. The lowest BCUT2D eigenvalue weighted by Crippen LogP contribution is -2.55. The second-order valence-corrected chi connectivity index (χ2v) is 16.4. The van der Waals surface area contributed by atoms with Crippen LogP contribution in [0.1, 0.15) is 92.6 Å². The van der Waals surface area contributed by atoms with Crippen LogP contribution in [0.25, 0.3) is 0 Å². The number of nitrogens with one attached hydrogen (secondary N) is 1. The van der Waals surface area contributed by atoms with Gasteiger partial charge in [0, 0.05) is 43.6 Å². The number of allylic oxidation sites excluding steroid dienone is 3. The quantitative estimate of drug-likeness (QED) is 0.138. The average Bonchev–Trinajstić information content (AvgIpc) is 3.67. The summed E-state index contributed by atoms with van der Waals surface area (Å²) in [4.78, 5) is 44.8. The maximum Gasteiger partial charge on any atom is 0.303 e. The van der Waals surface area contributed by atoms with Crippen LogP contribution in [-0.4, -0.2) is 41.6 Å². The van der Waals surface area contributed by atoms with E-state index in [1.807, 2.05) is 25.1 Å². The number of hydrogen-bond donors (Lipinski definition) is 2. The minimum Gasteiger partial charge on any atom is -0.462 e. The van der Waals surface area contributed by atoms with Crippen molar-refractivity contribution in [2.24, 2.45) is 51.2 Å². The molecule has 8 nitrogen and oxygen atoms in total. The largest absolute Gasteiger partial charge is 0.462 e. The van der Waals surface area contributed by atoms with E-state index in [9.17, 15) is 19.5 Å². The molecule has 6 rings (SSSR count). The summed E-state index contributed by atoms with van der Waals surface area (Å²) in [5.74, 6) is -1.51. The minimum atomic E-state index is -1.08. The minimum absolute atomic E-state index is 0.101. The molecule has 0 amide bonds. The van der Waals surface area contributed by atoms with Gasteiger partial charge in [-0.15, -0.1) is 0 Å². The Balaban J connectivity index is 1.28. The summed E-state index contributed by atoms with van der Waals surface area (Å²) in [5, 5.41) is 9.77. The van der Waals surface area contributed by atoms with Gasteiger partial charge in [-0.05, 0) is 96.3 Å². The number of aliphatic hydroxyl groups is 1. The van der Waals surface area contributed by atoms with E-state index in [4.69, 9.17) is 14.3 Å². The zero-order valence-corrected chi connectivity index (χ0v) is 30.3. The van der Waals surface area contributed by atoms with E-state index in [0.717, 1.165) is 43.4 Å². The SMILES string of the molecule is C=C(C(=O)[C@H](OC(C)=O)[C@@H](C)[C@H]1[C@@H](OC(C)=O)C[C@@]2(C)[C@@H]3CC[C@H]4C(C)=C(NOCc5ccccc5)C=C[C@@]45C[C@@]35CC[C@]12C)[C@@H](C)CO. The molecule has 0 aromatic heterocycles. The zero-order valence-electron chi connectivity index (χ0n) is 30.3. The van der Waals surface area contributed by atoms with E-state index in [0.29, 0.717) is 24.9 Å². The number of Topliss-reactive ketones (excluding diaryl/α,β-unsaturated/α-hetero) is 1. The van der Waals surface area contributed by atoms with E-state index in [1.54, 1.807) is 6.92 Å². The molecular formula is C41H55NO7. The standard InChI is InChI=1S/C41H55NO7/c1-24(21-43)25(2)36(46)37(49-29(6)45)27(4)35-33(48-28(5)44)20-39(8)34-15-14-31-26(3)32(42-47-22-30-12-10-9-11-13-30)16-17-40(31)23-41(34,40)19-18-38(35,39)7/h9-13,16-17,24,27,31,33-35,37,42-43H,2,14-15,18-23H2,1,3-8H3/t24-,27-,31-,33-,34-,35-,37+,38+,39-,40+,41-/m0/s1. The second-order valence-electron chi connectivity index (χ2n) is 16.4. The number of carbonyl (C=O) groups is 3. The molecule has 5 aliphatic rings. The predicted octanol–water partition coefficient (Wildman–Crippen LogP) is 7.03. The van der Waals surface area contributed by atoms with E-state index in [-0.39, 0.29) is 51.5 Å². The smallest absolute Gasteiger partial charge is 0.303 e. The lowest BCUT2D eigenvalue weighted by atomic mass is 9.43. The highest BCUT2D eigenvalue weighted by atomic mass is 16.6. The molecule has 2 N–H and O–H groups in total. The number of fused-ring (bicyclic) bond motifs is 2. The monoisotopic (exact) mass is 673 g/mol. The van der Waals surface area contributed by atoms with Gasteiger partial charge in [-0.2, -0.15) is 0 Å². The Labute approximate surface area is 291 Å². The third kappa shape index (κ3) is 5.52. The Kier molecular flexibility index (Phi) is 9.32. The Morgan fingerprint density at radius 2 is 1.76 bits per heavy atom. The summed E-state index contributed by atoms with van der Waals surface area (Å²) in [5.41, 5.74) is 6.86. The van der Waals surface area contributed by atoms with Gasteiger partial charge in [-0.3, -0.25) is 24.7 Å². The maximum atomic E-state index is 13.9. The Bertz CT molecular complexity index is 1570. The summed E-state index contributed by atoms with van der Waals surface area (Å²) in [6.45, 7) is 17.7. The van der Waals surface area contributed by atoms with Crippen LogP contribution in [0.3, 0.4) is 0 Å². The molecular weight excluding hydrogens is 618 g/mol. The number of ether oxygens (including phenoxy) is 2. The highest BCUT2D eigenvalue weighted by Crippen LogP contribution is 2.87. The normalized spacial score (nSPS) is 37.4. The van der Waals surface area contributed by atoms with E-state index in [1.165, 1.54) is 19.4 Å². The number of aliphatic hydroxyl groups excluding tert-OH is 1. The van der Waals surface area contributed by atoms with Crippen LogP contribution in [0.2, 0.25) is 0 Å². The number of hydrogen-bond acceptors (Lipinski definition) is 8. The fourth-order valence-corrected chi connectivity index (χ4v) is 11.7. The summed E-state index contributed by atoms with van der Waals surface area (Å²) in [7, 11) is 0. The van der Waals surface area contributed by atoms with Gasteiger partial charge in [0.15, 0.2) is 11.9 Å². The summed E-state index contributed by atoms with van der Waals surface area (Å²) < 4.78 is 12.0. The second kappa shape index (κ2) is 12.8. The highest BCUT2D eigenvalue weighted by Gasteiger charge is 2.81. The number of rotatable bonds is 12. The Morgan fingerprint density at radius 1 is 1.04 bits per heavy atom. The Hall–Kier alpha value is -3.23. The van der Waals surface area contributed by atoms with Gasteiger partial charge < -0.3 is 14.6 Å². The van der Waals surface area contributed by atoms with Crippen LogP contribution in [0.4, 0.5) is 0 Å². The molecule has 0 radical (unpaired) electrons. The molecule has 49 heavy (non-hydrogen) atoms. The average molecular weight is 674 g/mol. The van der Waals surface area contributed by atoms with Crippen molar-refractivity contribution in [3.8, 4) is 0 Å². The Morgan fingerprint density at radius 3 is 2.41 bits per heavy atom. The molecule has 4 saturated carbocycles. The first-order valence-electron chi connectivity index (χ1n) is 18.2. The van der Waals surface area contributed by atoms with Crippen molar-refractivity contribution in [3.63, 3.8) is 0 Å². The molecule has 1 aromatic carbocycles. The lowest BCUT2D eigenvalue weighted by Gasteiger charge is -2.60. The number of hydroxylamine groups is 1. The van der Waals surface area contributed by atoms with Crippen LogP contribution in [-0.2, 0) is 35.3 Å². The third-order valence-corrected chi connectivity index (χ3v) is 14.2. The third-order valence-electron chi connectivity index (χ3n) is 14.2. The van der Waals surface area contributed by atoms with Crippen molar-refractivity contribution in [3.05, 3.63) is 71.5 Å². The van der Waals surface area contributed by atoms with Gasteiger partial charge >= 0.3 is 11.9 Å². The summed E-state index contributed by atoms with van der Waals surface area (Å²) >= 11 is 0. The maximum absolute atomic E-state index is 13.9. The summed E-state index contributed by atoms with van der Waals surface area (Å²) in [6, 6.07) is 10.2. The van der Waals surface area contributed by atoms with E-state index in [2.05, 4.69) is 57.1 Å². The lowest BCUT2D eigenvalue weighted by molar-refractivity contribution is -0.166. The zero-order chi connectivity index (χ0) is 35.5. The van der Waals surface area contributed by atoms with Crippen LogP contribution in [0, 0.1) is 51.2 Å². The molecule has 0 saturated heterocycles. The van der Waals surface area contributed by atoms with Crippen LogP contribution in [0.5, 0.6) is 0 Å². The first kappa shape index (κ1) is 35.6. The molecule has 4 fully saturated rings. The van der Waals surface area contributed by atoms with Gasteiger partial charge in [0.1, 0.15) is 6.10 Å². The summed E-state index contributed by atoms with van der Waals surface area (Å²) in [6.07, 6.45) is 9.21. The first-order chi connectivity index (χ1) is 23.2. The van der Waals surface area contributed by atoms with Crippen molar-refractivity contribution in [2.45, 2.75) is 106 Å². The van der Waals surface area contributed by atoms with Gasteiger partial charge in [0.05, 0.1) is 12.3 Å². The van der Waals surface area contributed by atoms with Gasteiger partial charge in [0.2, 0.25) is 0 Å². The molecule has 0 unspecified atom stereocenters. The molecule has 5 aliphatic carbocycles. The first-order valence-corrected chi connectivity index (χ1v) is 18.2. The van der Waals surface area contributed by atoms with Crippen molar-refractivity contribution in [1.82, 2.24) is 5.48 Å². The number of ketones is 1. The molecule has 0 bridgehead atoms. The van der Waals surface area contributed by atoms with Crippen molar-refractivity contribution in [2.75, 3.05) is 6.61 Å².